The highest BCUT2D eigenvalue weighted by Gasteiger charge is 2.12. The van der Waals surface area contributed by atoms with Crippen molar-refractivity contribution in [3.8, 4) is 33.6 Å². The van der Waals surface area contributed by atoms with Crippen molar-refractivity contribution in [3.63, 3.8) is 0 Å². The molecule has 11 rings (SSSR count). The average Bonchev–Trinajstić information content (AvgIpc) is 3.22. The van der Waals surface area contributed by atoms with Gasteiger partial charge in [0, 0.05) is 32.7 Å². The third kappa shape index (κ3) is 4.57. The van der Waals surface area contributed by atoms with Crippen LogP contribution in [0.5, 0.6) is 0 Å². The molecule has 0 atom stereocenters. The summed E-state index contributed by atoms with van der Waals surface area (Å²) in [7, 11) is 0. The summed E-state index contributed by atoms with van der Waals surface area (Å²) < 4.78 is 0. The van der Waals surface area contributed by atoms with Crippen molar-refractivity contribution in [3.05, 3.63) is 176 Å². The Bertz CT molecular complexity index is 3200. The molecule has 240 valence electrons. The Morgan fingerprint density at radius 1 is 0.250 bits per heavy atom. The molecule has 0 saturated heterocycles. The minimum atomic E-state index is 0.904. The molecule has 8 aromatic carbocycles. The zero-order valence-corrected chi connectivity index (χ0v) is 28.1. The molecule has 3 heterocycles. The zero-order valence-electron chi connectivity index (χ0n) is 28.1. The van der Waals surface area contributed by atoms with Crippen LogP contribution in [0.4, 0.5) is 0 Å². The van der Waals surface area contributed by atoms with Gasteiger partial charge in [-0.15, -0.1) is 0 Å². The van der Waals surface area contributed by atoms with E-state index in [1.54, 1.807) is 0 Å². The van der Waals surface area contributed by atoms with Gasteiger partial charge in [-0.3, -0.25) is 0 Å². The second-order valence-corrected chi connectivity index (χ2v) is 13.6. The Balaban J connectivity index is 0.977. The smallest absolute Gasteiger partial charge is 0.0972 e. The predicted molar refractivity (Wildman–Crippen MR) is 219 cm³/mol. The summed E-state index contributed by atoms with van der Waals surface area (Å²) >= 11 is 0. The molecular formula is C49H29N3. The van der Waals surface area contributed by atoms with E-state index in [1.807, 2.05) is 6.07 Å². The fraction of sp³-hybridized carbons (Fsp3) is 0. The van der Waals surface area contributed by atoms with E-state index in [-0.39, 0.29) is 0 Å². The molecule has 0 unspecified atom stereocenters. The van der Waals surface area contributed by atoms with Crippen LogP contribution < -0.4 is 0 Å². The van der Waals surface area contributed by atoms with Crippen LogP contribution in [-0.4, -0.2) is 15.0 Å². The molecule has 0 bridgehead atoms. The molecular weight excluding hydrogens is 631 g/mol. The minimum Gasteiger partial charge on any atom is -0.248 e. The summed E-state index contributed by atoms with van der Waals surface area (Å²) in [6.07, 6.45) is 0. The largest absolute Gasteiger partial charge is 0.248 e. The molecule has 0 saturated carbocycles. The second-order valence-electron chi connectivity index (χ2n) is 13.6. The van der Waals surface area contributed by atoms with Gasteiger partial charge in [0.25, 0.3) is 0 Å². The number of aromatic nitrogens is 3. The van der Waals surface area contributed by atoms with Crippen molar-refractivity contribution in [1.29, 1.82) is 0 Å². The molecule has 0 N–H and O–H groups in total. The minimum absolute atomic E-state index is 0.904. The van der Waals surface area contributed by atoms with Gasteiger partial charge in [-0.25, -0.2) is 15.0 Å². The van der Waals surface area contributed by atoms with E-state index >= 15 is 0 Å². The van der Waals surface area contributed by atoms with Crippen molar-refractivity contribution in [2.45, 2.75) is 0 Å². The first-order valence-electron chi connectivity index (χ1n) is 17.7. The third-order valence-corrected chi connectivity index (χ3v) is 10.6. The summed E-state index contributed by atoms with van der Waals surface area (Å²) in [4.78, 5) is 15.3. The molecule has 0 spiro atoms. The van der Waals surface area contributed by atoms with Gasteiger partial charge in [-0.2, -0.15) is 0 Å². The molecule has 3 nitrogen and oxygen atoms in total. The lowest BCUT2D eigenvalue weighted by Gasteiger charge is -2.12. The van der Waals surface area contributed by atoms with E-state index in [4.69, 9.17) is 15.0 Å². The quantitative estimate of drug-likeness (QED) is 0.140. The SMILES string of the molecule is c1ccc2nc3ccc(-c4ccc5ccc6ccc(-c7ccc(-c8ccc9c%10ccccc%10c%10ccccc%10c9c8)cc7)nc6c5n4)cc3cc2c1. The number of rotatable bonds is 3. The standard InChI is InChI=1S/C49H29N3/c1-6-12-44-35(7-1)27-37-28-36(22-26-47(37)50-44)46-25-21-33-18-17-32-20-24-45(51-48(32)49(33)52-46)31-15-13-30(14-16-31)34-19-23-42-40-10-3-2-8-38(40)39-9-4-5-11-41(39)43(42)29-34/h1-29H. The van der Waals surface area contributed by atoms with Crippen molar-refractivity contribution in [2.24, 2.45) is 0 Å². The first-order chi connectivity index (χ1) is 25.7. The van der Waals surface area contributed by atoms with Gasteiger partial charge in [0.15, 0.2) is 0 Å². The number of benzene rings is 8. The first-order valence-corrected chi connectivity index (χ1v) is 17.7. The summed E-state index contributed by atoms with van der Waals surface area (Å²) in [6.45, 7) is 0. The molecule has 3 aromatic heterocycles. The van der Waals surface area contributed by atoms with Gasteiger partial charge in [0.2, 0.25) is 0 Å². The number of para-hydroxylation sites is 1. The molecule has 0 amide bonds. The molecule has 0 aliphatic rings. The van der Waals surface area contributed by atoms with E-state index in [0.29, 0.717) is 0 Å². The van der Waals surface area contributed by atoms with Crippen molar-refractivity contribution in [1.82, 2.24) is 15.0 Å². The molecule has 0 fully saturated rings. The van der Waals surface area contributed by atoms with E-state index in [9.17, 15) is 0 Å². The van der Waals surface area contributed by atoms with E-state index in [0.717, 1.165) is 66.1 Å². The monoisotopic (exact) mass is 659 g/mol. The van der Waals surface area contributed by atoms with Crippen LogP contribution in [-0.2, 0) is 0 Å². The van der Waals surface area contributed by atoms with Crippen molar-refractivity contribution >= 4 is 75.9 Å². The summed E-state index contributed by atoms with van der Waals surface area (Å²) in [5.41, 5.74) is 10.2. The van der Waals surface area contributed by atoms with Crippen molar-refractivity contribution < 1.29 is 0 Å². The molecule has 52 heavy (non-hydrogen) atoms. The molecule has 3 heteroatoms. The normalized spacial score (nSPS) is 11.8. The van der Waals surface area contributed by atoms with Crippen LogP contribution in [0.2, 0.25) is 0 Å². The topological polar surface area (TPSA) is 38.7 Å². The predicted octanol–water partition coefficient (Wildman–Crippen LogP) is 12.9. The van der Waals surface area contributed by atoms with Crippen LogP contribution in [0.25, 0.3) is 110 Å². The third-order valence-electron chi connectivity index (χ3n) is 10.6. The van der Waals surface area contributed by atoms with E-state index in [2.05, 4.69) is 170 Å². The highest BCUT2D eigenvalue weighted by molar-refractivity contribution is 6.25. The van der Waals surface area contributed by atoms with Gasteiger partial charge in [-0.05, 0) is 85.9 Å². The van der Waals surface area contributed by atoms with E-state index in [1.165, 1.54) is 43.4 Å². The molecule has 0 radical (unpaired) electrons. The fourth-order valence-corrected chi connectivity index (χ4v) is 7.95. The first kappa shape index (κ1) is 28.8. The summed E-state index contributed by atoms with van der Waals surface area (Å²) in [5, 5.41) is 12.1. The highest BCUT2D eigenvalue weighted by atomic mass is 14.8. The average molecular weight is 660 g/mol. The van der Waals surface area contributed by atoms with Crippen LogP contribution in [0.1, 0.15) is 0 Å². The Labute approximate surface area is 299 Å². The Morgan fingerprint density at radius 3 is 1.44 bits per heavy atom. The second kappa shape index (κ2) is 11.3. The number of nitrogens with zero attached hydrogens (tertiary/aromatic N) is 3. The maximum atomic E-state index is 5.23. The lowest BCUT2D eigenvalue weighted by atomic mass is 9.92. The van der Waals surface area contributed by atoms with Crippen LogP contribution in [0.15, 0.2) is 176 Å². The summed E-state index contributed by atoms with van der Waals surface area (Å²) in [5.74, 6) is 0. The number of pyridine rings is 3. The molecule has 0 aliphatic heterocycles. The van der Waals surface area contributed by atoms with Crippen LogP contribution in [0.3, 0.4) is 0 Å². The maximum absolute atomic E-state index is 5.23. The van der Waals surface area contributed by atoms with Gasteiger partial charge in [-0.1, -0.05) is 133 Å². The van der Waals surface area contributed by atoms with Gasteiger partial charge in [0.1, 0.15) is 0 Å². The van der Waals surface area contributed by atoms with Crippen LogP contribution in [0, 0.1) is 0 Å². The Morgan fingerprint density at radius 2 is 0.750 bits per heavy atom. The highest BCUT2D eigenvalue weighted by Crippen LogP contribution is 2.38. The number of hydrogen-bond donors (Lipinski definition) is 0. The maximum Gasteiger partial charge on any atom is 0.0972 e. The van der Waals surface area contributed by atoms with Gasteiger partial charge < -0.3 is 0 Å². The molecule has 11 aromatic rings. The lowest BCUT2D eigenvalue weighted by molar-refractivity contribution is 1.37. The number of hydrogen-bond acceptors (Lipinski definition) is 3. The summed E-state index contributed by atoms with van der Waals surface area (Å²) in [6, 6.07) is 62.8. The van der Waals surface area contributed by atoms with Gasteiger partial charge >= 0.3 is 0 Å². The Kier molecular flexibility index (Phi) is 6.25. The Hall–Kier alpha value is -6.97. The van der Waals surface area contributed by atoms with Crippen molar-refractivity contribution in [2.75, 3.05) is 0 Å². The van der Waals surface area contributed by atoms with E-state index < -0.39 is 0 Å². The fourth-order valence-electron chi connectivity index (χ4n) is 7.95. The lowest BCUT2D eigenvalue weighted by Crippen LogP contribution is -1.91. The number of fused-ring (bicyclic) bond motifs is 11. The van der Waals surface area contributed by atoms with Crippen LogP contribution >= 0.6 is 0 Å². The zero-order chi connectivity index (χ0) is 34.2. The molecule has 0 aliphatic carbocycles. The van der Waals surface area contributed by atoms with Gasteiger partial charge in [0.05, 0.1) is 33.5 Å².